The van der Waals surface area contributed by atoms with Crippen molar-refractivity contribution in [3.8, 4) is 23.0 Å². The van der Waals surface area contributed by atoms with Gasteiger partial charge in [-0.2, -0.15) is 0 Å². The van der Waals surface area contributed by atoms with Crippen LogP contribution in [0.15, 0.2) is 80.9 Å². The Hall–Kier alpha value is -4.79. The molecule has 1 aliphatic heterocycles. The summed E-state index contributed by atoms with van der Waals surface area (Å²) in [5.74, 6) is 1.85. The van der Waals surface area contributed by atoms with Crippen LogP contribution in [0.2, 0.25) is 0 Å². The van der Waals surface area contributed by atoms with Crippen molar-refractivity contribution in [2.75, 3.05) is 0 Å². The third-order valence-electron chi connectivity index (χ3n) is 5.93. The van der Waals surface area contributed by atoms with Crippen LogP contribution in [0, 0.1) is 6.92 Å². The summed E-state index contributed by atoms with van der Waals surface area (Å²) >= 11 is 0. The maximum Gasteiger partial charge on any atom is 0.344 e. The Bertz CT molecular complexity index is 1780. The number of aromatic nitrogens is 5. The van der Waals surface area contributed by atoms with E-state index in [4.69, 9.17) is 18.6 Å². The largest absolute Gasteiger partial charge is 0.465 e. The van der Waals surface area contributed by atoms with Gasteiger partial charge in [0.15, 0.2) is 17.2 Å². The number of aryl methyl sites for hydroxylation is 1. The summed E-state index contributed by atoms with van der Waals surface area (Å²) in [7, 11) is 0. The van der Waals surface area contributed by atoms with Crippen LogP contribution >= 0.6 is 0 Å². The molecule has 6 heterocycles. The first-order valence-electron chi connectivity index (χ1n) is 10.6. The molecule has 9 heteroatoms. The van der Waals surface area contributed by atoms with Gasteiger partial charge in [0.1, 0.15) is 23.4 Å². The molecule has 0 radical (unpaired) electrons. The van der Waals surface area contributed by atoms with Gasteiger partial charge in [-0.3, -0.25) is 4.98 Å². The number of pyridine rings is 1. The van der Waals surface area contributed by atoms with E-state index in [2.05, 4.69) is 15.1 Å². The van der Waals surface area contributed by atoms with Crippen molar-refractivity contribution in [1.29, 1.82) is 0 Å². The number of hydrogen-bond acceptors (Lipinski definition) is 8. The van der Waals surface area contributed by atoms with Crippen molar-refractivity contribution in [3.05, 3.63) is 100 Å². The molecule has 0 spiro atoms. The highest BCUT2D eigenvalue weighted by Crippen LogP contribution is 2.49. The quantitative estimate of drug-likeness (QED) is 0.356. The van der Waals surface area contributed by atoms with E-state index in [-0.39, 0.29) is 0 Å². The number of hydrogen-bond donors (Lipinski definition) is 0. The fourth-order valence-electron chi connectivity index (χ4n) is 4.44. The molecular formula is C25H15N5O4. The standard InChI is InChI=1S/C25H15N5O4/c1-13-8-9-17(32-13)18-19-21(15-6-2-3-7-16(15)33-25(19)31)34-24-20(18)23-28-22(29-30(23)12-27-24)14-5-4-10-26-11-14/h2-12,18H,1H3. The second kappa shape index (κ2) is 6.85. The zero-order valence-electron chi connectivity index (χ0n) is 17.8. The summed E-state index contributed by atoms with van der Waals surface area (Å²) in [6.07, 6.45) is 4.92. The lowest BCUT2D eigenvalue weighted by Gasteiger charge is -2.25. The molecule has 0 amide bonds. The van der Waals surface area contributed by atoms with E-state index in [1.54, 1.807) is 35.4 Å². The molecule has 0 saturated carbocycles. The Kier molecular flexibility index (Phi) is 3.78. The number of rotatable bonds is 2. The van der Waals surface area contributed by atoms with Crippen molar-refractivity contribution < 1.29 is 13.6 Å². The minimum Gasteiger partial charge on any atom is -0.465 e. The lowest BCUT2D eigenvalue weighted by atomic mass is 9.88. The first-order valence-corrected chi connectivity index (χ1v) is 10.6. The Morgan fingerprint density at radius 3 is 2.74 bits per heavy atom. The van der Waals surface area contributed by atoms with Gasteiger partial charge in [-0.25, -0.2) is 19.3 Å². The molecule has 34 heavy (non-hydrogen) atoms. The summed E-state index contributed by atoms with van der Waals surface area (Å²) in [5, 5.41) is 5.24. The van der Waals surface area contributed by atoms with Crippen molar-refractivity contribution in [1.82, 2.24) is 24.6 Å². The molecule has 164 valence electrons. The normalized spacial score (nSPS) is 14.7. The van der Waals surface area contributed by atoms with Gasteiger partial charge in [0.2, 0.25) is 5.88 Å². The third kappa shape index (κ3) is 2.64. The SMILES string of the molecule is Cc1ccc(C2c3c(c4ccccc4oc3=O)Oc3ncn4nc(-c5cccnc5)nc4c32)o1. The summed E-state index contributed by atoms with van der Waals surface area (Å²) in [6.45, 7) is 1.85. The first kappa shape index (κ1) is 18.8. The van der Waals surface area contributed by atoms with Gasteiger partial charge in [-0.1, -0.05) is 12.1 Å². The van der Waals surface area contributed by atoms with Gasteiger partial charge in [0, 0.05) is 18.0 Å². The predicted octanol–water partition coefficient (Wildman–Crippen LogP) is 4.48. The van der Waals surface area contributed by atoms with E-state index in [1.165, 1.54) is 0 Å². The molecule has 6 aromatic rings. The van der Waals surface area contributed by atoms with E-state index in [1.807, 2.05) is 43.3 Å². The number of nitrogens with zero attached hydrogens (tertiary/aromatic N) is 5. The molecule has 7 rings (SSSR count). The van der Waals surface area contributed by atoms with Gasteiger partial charge in [0.05, 0.1) is 22.4 Å². The molecule has 1 unspecified atom stereocenters. The average Bonchev–Trinajstić information content (AvgIpc) is 3.50. The molecule has 0 N–H and O–H groups in total. The first-order chi connectivity index (χ1) is 16.7. The molecule has 5 aromatic heterocycles. The van der Waals surface area contributed by atoms with Gasteiger partial charge in [0.25, 0.3) is 0 Å². The molecule has 1 aromatic carbocycles. The number of para-hydroxylation sites is 1. The number of furan rings is 1. The van der Waals surface area contributed by atoms with Crippen LogP contribution in [-0.2, 0) is 0 Å². The van der Waals surface area contributed by atoms with Crippen LogP contribution in [-0.4, -0.2) is 24.6 Å². The average molecular weight is 449 g/mol. The van der Waals surface area contributed by atoms with Gasteiger partial charge >= 0.3 is 5.63 Å². The smallest absolute Gasteiger partial charge is 0.344 e. The Morgan fingerprint density at radius 1 is 1.00 bits per heavy atom. The van der Waals surface area contributed by atoms with Gasteiger partial charge < -0.3 is 13.6 Å². The van der Waals surface area contributed by atoms with Crippen LogP contribution in [0.25, 0.3) is 28.0 Å². The number of benzene rings is 1. The molecule has 1 aliphatic rings. The van der Waals surface area contributed by atoms with Crippen LogP contribution < -0.4 is 10.4 Å². The molecular weight excluding hydrogens is 434 g/mol. The zero-order valence-corrected chi connectivity index (χ0v) is 17.8. The summed E-state index contributed by atoms with van der Waals surface area (Å²) < 4.78 is 19.5. The lowest BCUT2D eigenvalue weighted by molar-refractivity contribution is 0.402. The Labute approximate surface area is 191 Å². The summed E-state index contributed by atoms with van der Waals surface area (Å²) in [5.41, 5.74) is 2.10. The minimum absolute atomic E-state index is 0.333. The van der Waals surface area contributed by atoms with Crippen LogP contribution in [0.4, 0.5) is 0 Å². The third-order valence-corrected chi connectivity index (χ3v) is 5.93. The van der Waals surface area contributed by atoms with Crippen molar-refractivity contribution >= 4 is 16.6 Å². The lowest BCUT2D eigenvalue weighted by Crippen LogP contribution is -2.22. The van der Waals surface area contributed by atoms with E-state index >= 15 is 0 Å². The predicted molar refractivity (Wildman–Crippen MR) is 121 cm³/mol. The highest BCUT2D eigenvalue weighted by atomic mass is 16.5. The van der Waals surface area contributed by atoms with Gasteiger partial charge in [-0.05, 0) is 43.3 Å². The fraction of sp³-hybridized carbons (Fsp3) is 0.0800. The van der Waals surface area contributed by atoms with E-state index < -0.39 is 11.5 Å². The summed E-state index contributed by atoms with van der Waals surface area (Å²) in [4.78, 5) is 26.7. The van der Waals surface area contributed by atoms with Crippen LogP contribution in [0.3, 0.4) is 0 Å². The molecule has 0 saturated heterocycles. The van der Waals surface area contributed by atoms with Crippen molar-refractivity contribution in [3.63, 3.8) is 0 Å². The van der Waals surface area contributed by atoms with E-state index in [0.29, 0.717) is 56.7 Å². The minimum atomic E-state index is -0.643. The molecule has 9 nitrogen and oxygen atoms in total. The van der Waals surface area contributed by atoms with Crippen molar-refractivity contribution in [2.45, 2.75) is 12.8 Å². The Morgan fingerprint density at radius 2 is 1.91 bits per heavy atom. The summed E-state index contributed by atoms with van der Waals surface area (Å²) in [6, 6.07) is 14.6. The number of ether oxygens (including phenoxy) is 1. The van der Waals surface area contributed by atoms with Crippen LogP contribution in [0.5, 0.6) is 11.6 Å². The van der Waals surface area contributed by atoms with E-state index in [9.17, 15) is 4.79 Å². The van der Waals surface area contributed by atoms with Crippen molar-refractivity contribution in [2.24, 2.45) is 0 Å². The van der Waals surface area contributed by atoms with Crippen LogP contribution in [0.1, 0.15) is 28.6 Å². The second-order valence-electron chi connectivity index (χ2n) is 8.02. The zero-order chi connectivity index (χ0) is 22.8. The number of fused-ring (bicyclic) bond motifs is 6. The monoisotopic (exact) mass is 449 g/mol. The maximum atomic E-state index is 13.3. The molecule has 0 fully saturated rings. The molecule has 0 aliphatic carbocycles. The van der Waals surface area contributed by atoms with E-state index in [0.717, 1.165) is 5.56 Å². The Balaban J connectivity index is 1.56. The molecule has 1 atom stereocenters. The molecule has 0 bridgehead atoms. The second-order valence-corrected chi connectivity index (χ2v) is 8.02. The van der Waals surface area contributed by atoms with Gasteiger partial charge in [-0.15, -0.1) is 5.10 Å². The maximum absolute atomic E-state index is 13.3. The fourth-order valence-corrected chi connectivity index (χ4v) is 4.44. The highest BCUT2D eigenvalue weighted by molar-refractivity contribution is 5.86. The topological polar surface area (TPSA) is 109 Å². The highest BCUT2D eigenvalue weighted by Gasteiger charge is 2.39.